The summed E-state index contributed by atoms with van der Waals surface area (Å²) in [5.41, 5.74) is 0.743. The summed E-state index contributed by atoms with van der Waals surface area (Å²) in [6.07, 6.45) is 8.10. The van der Waals surface area contributed by atoms with Gasteiger partial charge in [-0.3, -0.25) is 9.69 Å². The second-order valence-corrected chi connectivity index (χ2v) is 9.68. The van der Waals surface area contributed by atoms with Crippen LogP contribution in [0.15, 0.2) is 18.5 Å². The van der Waals surface area contributed by atoms with Gasteiger partial charge in [-0.05, 0) is 37.8 Å². The summed E-state index contributed by atoms with van der Waals surface area (Å²) >= 11 is 0. The fourth-order valence-electron chi connectivity index (χ4n) is 5.49. The number of carbonyl (C=O) groups excluding carboxylic acids is 1. The molecule has 3 aliphatic rings. The van der Waals surface area contributed by atoms with Crippen molar-refractivity contribution < 1.29 is 4.79 Å². The number of anilines is 1. The second kappa shape index (κ2) is 9.28. The van der Waals surface area contributed by atoms with Crippen LogP contribution >= 0.6 is 0 Å². The minimum Gasteiger partial charge on any atom is -0.355 e. The van der Waals surface area contributed by atoms with Crippen molar-refractivity contribution in [1.82, 2.24) is 44.4 Å². The molecular weight excluding hydrogens is 432 g/mol. The summed E-state index contributed by atoms with van der Waals surface area (Å²) in [6.45, 7) is 6.95. The molecule has 0 aromatic carbocycles. The Balaban J connectivity index is 0.998. The molecule has 0 radical (unpaired) electrons. The molecule has 0 saturated carbocycles. The van der Waals surface area contributed by atoms with Gasteiger partial charge in [0.15, 0.2) is 5.65 Å². The topological polar surface area (TPSA) is 101 Å². The minimum absolute atomic E-state index is 0.105. The maximum atomic E-state index is 13.2. The largest absolute Gasteiger partial charge is 0.355 e. The third kappa shape index (κ3) is 4.24. The SMILES string of the molecule is O=C(C1CCN(c2ccc3nncn3n2)CC1)N1CCN(Cc2nnc3n2CCCCC3)CC1. The van der Waals surface area contributed by atoms with Crippen LogP contribution in [0.3, 0.4) is 0 Å². The summed E-state index contributed by atoms with van der Waals surface area (Å²) in [7, 11) is 0. The van der Waals surface area contributed by atoms with Crippen LogP contribution in [0.4, 0.5) is 5.82 Å². The van der Waals surface area contributed by atoms with E-state index in [9.17, 15) is 4.79 Å². The summed E-state index contributed by atoms with van der Waals surface area (Å²) < 4.78 is 4.03. The zero-order chi connectivity index (χ0) is 22.9. The van der Waals surface area contributed by atoms with Crippen molar-refractivity contribution in [3.05, 3.63) is 30.1 Å². The standard InChI is InChI=1S/C23H32N10O/c34-23(18-7-10-30(11-8-18)21-6-5-20-25-24-17-33(20)28-21)31-14-12-29(13-15-31)16-22-27-26-19-4-2-1-3-9-32(19)22/h5-6,17-18H,1-4,7-16H2. The van der Waals surface area contributed by atoms with E-state index in [4.69, 9.17) is 0 Å². The quantitative estimate of drug-likeness (QED) is 0.564. The highest BCUT2D eigenvalue weighted by molar-refractivity contribution is 5.79. The molecule has 6 heterocycles. The van der Waals surface area contributed by atoms with E-state index in [0.717, 1.165) is 94.7 Å². The van der Waals surface area contributed by atoms with Gasteiger partial charge in [0.25, 0.3) is 0 Å². The number of piperidine rings is 1. The van der Waals surface area contributed by atoms with Crippen molar-refractivity contribution in [3.8, 4) is 0 Å². The monoisotopic (exact) mass is 464 g/mol. The van der Waals surface area contributed by atoms with E-state index in [-0.39, 0.29) is 5.92 Å². The van der Waals surface area contributed by atoms with Crippen LogP contribution in [0.1, 0.15) is 43.8 Å². The number of amides is 1. The first-order chi connectivity index (χ1) is 16.7. The maximum Gasteiger partial charge on any atom is 0.225 e. The lowest BCUT2D eigenvalue weighted by atomic mass is 9.95. The van der Waals surface area contributed by atoms with Crippen molar-refractivity contribution in [3.63, 3.8) is 0 Å². The molecule has 11 heteroatoms. The first-order valence-electron chi connectivity index (χ1n) is 12.6. The van der Waals surface area contributed by atoms with E-state index >= 15 is 0 Å². The Bertz CT molecular complexity index is 1140. The number of fused-ring (bicyclic) bond motifs is 2. The number of nitrogens with zero attached hydrogens (tertiary/aromatic N) is 10. The molecule has 1 amide bonds. The van der Waals surface area contributed by atoms with Crippen LogP contribution in [0.5, 0.6) is 0 Å². The lowest BCUT2D eigenvalue weighted by Crippen LogP contribution is -2.51. The molecule has 3 aliphatic heterocycles. The maximum absolute atomic E-state index is 13.2. The molecule has 180 valence electrons. The van der Waals surface area contributed by atoms with E-state index < -0.39 is 0 Å². The van der Waals surface area contributed by atoms with E-state index in [1.807, 2.05) is 12.1 Å². The van der Waals surface area contributed by atoms with Gasteiger partial charge >= 0.3 is 0 Å². The first-order valence-corrected chi connectivity index (χ1v) is 12.6. The molecule has 0 bridgehead atoms. The highest BCUT2D eigenvalue weighted by Gasteiger charge is 2.31. The van der Waals surface area contributed by atoms with Gasteiger partial charge in [0, 0.05) is 58.2 Å². The summed E-state index contributed by atoms with van der Waals surface area (Å²) in [4.78, 5) is 20.0. The summed E-state index contributed by atoms with van der Waals surface area (Å²) in [5, 5.41) is 21.4. The minimum atomic E-state index is 0.105. The molecule has 0 atom stereocenters. The fraction of sp³-hybridized carbons (Fsp3) is 0.652. The Morgan fingerprint density at radius 3 is 2.62 bits per heavy atom. The van der Waals surface area contributed by atoms with Crippen molar-refractivity contribution in [2.24, 2.45) is 5.92 Å². The number of carbonyl (C=O) groups is 1. The van der Waals surface area contributed by atoms with Crippen LogP contribution in [0.2, 0.25) is 0 Å². The van der Waals surface area contributed by atoms with Crippen LogP contribution in [0, 0.1) is 5.92 Å². The molecule has 11 nitrogen and oxygen atoms in total. The molecule has 3 aromatic heterocycles. The Kier molecular flexibility index (Phi) is 5.86. The molecule has 2 saturated heterocycles. The summed E-state index contributed by atoms with van der Waals surface area (Å²) in [6, 6.07) is 3.92. The van der Waals surface area contributed by atoms with E-state index in [0.29, 0.717) is 5.91 Å². The highest BCUT2D eigenvalue weighted by Crippen LogP contribution is 2.24. The number of aromatic nitrogens is 7. The van der Waals surface area contributed by atoms with Crippen molar-refractivity contribution in [2.45, 2.75) is 51.6 Å². The van der Waals surface area contributed by atoms with E-state index in [1.54, 1.807) is 10.8 Å². The number of piperazine rings is 1. The molecule has 6 rings (SSSR count). The van der Waals surface area contributed by atoms with Gasteiger partial charge in [-0.2, -0.15) is 4.52 Å². The molecule has 34 heavy (non-hydrogen) atoms. The number of hydrogen-bond donors (Lipinski definition) is 0. The third-order valence-corrected chi connectivity index (χ3v) is 7.55. The Hall–Kier alpha value is -3.08. The smallest absolute Gasteiger partial charge is 0.225 e. The number of rotatable bonds is 4. The van der Waals surface area contributed by atoms with Gasteiger partial charge in [0.05, 0.1) is 6.54 Å². The average Bonchev–Trinajstić information content (AvgIpc) is 3.43. The molecular formula is C23H32N10O. The number of aryl methyl sites for hydroxylation is 1. The van der Waals surface area contributed by atoms with Gasteiger partial charge in [-0.15, -0.1) is 25.5 Å². The Morgan fingerprint density at radius 1 is 0.912 bits per heavy atom. The van der Waals surface area contributed by atoms with Crippen molar-refractivity contribution in [1.29, 1.82) is 0 Å². The van der Waals surface area contributed by atoms with Crippen molar-refractivity contribution >= 4 is 17.4 Å². The average molecular weight is 465 g/mol. The van der Waals surface area contributed by atoms with Gasteiger partial charge in [0.1, 0.15) is 23.8 Å². The molecule has 0 aliphatic carbocycles. The van der Waals surface area contributed by atoms with Gasteiger partial charge in [0.2, 0.25) is 5.91 Å². The Labute approximate surface area is 198 Å². The van der Waals surface area contributed by atoms with Crippen LogP contribution in [0.25, 0.3) is 5.65 Å². The van der Waals surface area contributed by atoms with Gasteiger partial charge in [-0.1, -0.05) is 6.42 Å². The van der Waals surface area contributed by atoms with Gasteiger partial charge < -0.3 is 14.4 Å². The van der Waals surface area contributed by atoms with Gasteiger partial charge in [-0.25, -0.2) is 0 Å². The molecule has 0 unspecified atom stereocenters. The zero-order valence-electron chi connectivity index (χ0n) is 19.6. The Morgan fingerprint density at radius 2 is 1.76 bits per heavy atom. The van der Waals surface area contributed by atoms with Crippen LogP contribution in [-0.2, 0) is 24.3 Å². The normalized spacial score (nSPS) is 20.5. The van der Waals surface area contributed by atoms with E-state index in [2.05, 4.69) is 44.8 Å². The van der Waals surface area contributed by atoms with Crippen LogP contribution in [-0.4, -0.2) is 89.6 Å². The first kappa shape index (κ1) is 21.5. The number of hydrogen-bond acceptors (Lipinski definition) is 8. The lowest BCUT2D eigenvalue weighted by molar-refractivity contribution is -0.138. The lowest BCUT2D eigenvalue weighted by Gasteiger charge is -2.38. The third-order valence-electron chi connectivity index (χ3n) is 7.55. The van der Waals surface area contributed by atoms with Crippen LogP contribution < -0.4 is 4.90 Å². The predicted octanol–water partition coefficient (Wildman–Crippen LogP) is 1.00. The molecule has 2 fully saturated rings. The zero-order valence-corrected chi connectivity index (χ0v) is 19.6. The fourth-order valence-corrected chi connectivity index (χ4v) is 5.49. The van der Waals surface area contributed by atoms with E-state index in [1.165, 1.54) is 19.3 Å². The summed E-state index contributed by atoms with van der Waals surface area (Å²) in [5.74, 6) is 3.57. The predicted molar refractivity (Wildman–Crippen MR) is 125 cm³/mol. The second-order valence-electron chi connectivity index (χ2n) is 9.68. The van der Waals surface area contributed by atoms with Crippen molar-refractivity contribution in [2.75, 3.05) is 44.2 Å². The highest BCUT2D eigenvalue weighted by atomic mass is 16.2. The molecule has 3 aromatic rings. The molecule has 0 N–H and O–H groups in total. The molecule has 0 spiro atoms.